The second-order valence-electron chi connectivity index (χ2n) is 7.51. The average molecular weight is 460 g/mol. The lowest BCUT2D eigenvalue weighted by Crippen LogP contribution is -2.31. The van der Waals surface area contributed by atoms with Gasteiger partial charge in [0.05, 0.1) is 16.6 Å². The predicted molar refractivity (Wildman–Crippen MR) is 111 cm³/mol. The average Bonchev–Trinajstić information content (AvgIpc) is 3.52. The van der Waals surface area contributed by atoms with Gasteiger partial charge in [0.15, 0.2) is 17.0 Å². The molecule has 0 spiro atoms. The summed E-state index contributed by atoms with van der Waals surface area (Å²) >= 11 is 1.27. The summed E-state index contributed by atoms with van der Waals surface area (Å²) in [4.78, 5) is 19.6. The van der Waals surface area contributed by atoms with E-state index in [0.717, 1.165) is 6.07 Å². The van der Waals surface area contributed by atoms with Crippen LogP contribution in [-0.2, 0) is 6.18 Å². The van der Waals surface area contributed by atoms with Crippen LogP contribution in [0.5, 0.6) is 0 Å². The number of aromatic nitrogens is 3. The topological polar surface area (TPSA) is 50.5 Å². The molecule has 1 aromatic carbocycles. The van der Waals surface area contributed by atoms with Gasteiger partial charge in [-0.15, -0.1) is 11.3 Å². The van der Waals surface area contributed by atoms with Crippen LogP contribution in [-0.4, -0.2) is 31.9 Å². The Balaban J connectivity index is 1.56. The van der Waals surface area contributed by atoms with Gasteiger partial charge in [-0.25, -0.2) is 13.9 Å². The van der Waals surface area contributed by atoms with Gasteiger partial charge < -0.3 is 4.90 Å². The molecule has 4 heterocycles. The minimum atomic E-state index is -4.68. The fourth-order valence-corrected chi connectivity index (χ4v) is 4.73. The standard InChI is InChI=1S/C22H16F4N4OS/c23-14-5-1-4-13(10-14)17-6-2-8-29(17)21(31)16-12-20-27-15(18-7-3-9-32-18)11-19(22(24,25)26)30(20)28-16/h1,3-5,7,9-12,17H,2,6,8H2/t17-/m0/s1. The van der Waals surface area contributed by atoms with Crippen molar-refractivity contribution in [3.63, 3.8) is 0 Å². The number of carbonyl (C=O) groups is 1. The Hall–Kier alpha value is -3.27. The Labute approximate surface area is 183 Å². The molecule has 5 rings (SSSR count). The third-order valence-corrected chi connectivity index (χ3v) is 6.35. The van der Waals surface area contributed by atoms with Gasteiger partial charge in [0.1, 0.15) is 5.82 Å². The summed E-state index contributed by atoms with van der Waals surface area (Å²) in [7, 11) is 0. The van der Waals surface area contributed by atoms with Gasteiger partial charge in [-0.1, -0.05) is 18.2 Å². The lowest BCUT2D eigenvalue weighted by molar-refractivity contribution is -0.142. The molecule has 1 amide bonds. The molecular formula is C22H16F4N4OS. The Morgan fingerprint density at radius 3 is 2.69 bits per heavy atom. The molecule has 0 unspecified atom stereocenters. The molecule has 0 bridgehead atoms. The first kappa shape index (κ1) is 20.6. The van der Waals surface area contributed by atoms with Crippen molar-refractivity contribution in [3.05, 3.63) is 76.7 Å². The second-order valence-corrected chi connectivity index (χ2v) is 8.46. The van der Waals surface area contributed by atoms with Gasteiger partial charge in [0, 0.05) is 12.6 Å². The van der Waals surface area contributed by atoms with E-state index in [1.165, 1.54) is 34.4 Å². The van der Waals surface area contributed by atoms with Gasteiger partial charge in [-0.2, -0.15) is 18.3 Å². The molecule has 1 atom stereocenters. The summed E-state index contributed by atoms with van der Waals surface area (Å²) in [6, 6.07) is 11.3. The summed E-state index contributed by atoms with van der Waals surface area (Å²) in [5.74, 6) is -0.914. The molecular weight excluding hydrogens is 444 g/mol. The van der Waals surface area contributed by atoms with Crippen molar-refractivity contribution in [3.8, 4) is 10.6 Å². The summed E-state index contributed by atoms with van der Waals surface area (Å²) in [5.41, 5.74) is -0.387. The summed E-state index contributed by atoms with van der Waals surface area (Å²) < 4.78 is 55.6. The fourth-order valence-electron chi connectivity index (χ4n) is 4.05. The first-order valence-electron chi connectivity index (χ1n) is 9.89. The largest absolute Gasteiger partial charge is 0.433 e. The molecule has 0 radical (unpaired) electrons. The number of fused-ring (bicyclic) bond motifs is 1. The molecule has 10 heteroatoms. The van der Waals surface area contributed by atoms with E-state index in [0.29, 0.717) is 34.3 Å². The predicted octanol–water partition coefficient (Wildman–Crippen LogP) is 5.59. The monoisotopic (exact) mass is 460 g/mol. The third-order valence-electron chi connectivity index (χ3n) is 5.46. The van der Waals surface area contributed by atoms with Gasteiger partial charge in [0.2, 0.25) is 0 Å². The van der Waals surface area contributed by atoms with Gasteiger partial charge >= 0.3 is 6.18 Å². The van der Waals surface area contributed by atoms with E-state index in [2.05, 4.69) is 10.1 Å². The molecule has 32 heavy (non-hydrogen) atoms. The second kappa shape index (κ2) is 7.70. The van der Waals surface area contributed by atoms with Crippen molar-refractivity contribution in [1.29, 1.82) is 0 Å². The number of hydrogen-bond donors (Lipinski definition) is 0. The van der Waals surface area contributed by atoms with Crippen LogP contribution < -0.4 is 0 Å². The molecule has 4 aromatic rings. The zero-order chi connectivity index (χ0) is 22.5. The van der Waals surface area contributed by atoms with Crippen molar-refractivity contribution >= 4 is 22.9 Å². The van der Waals surface area contributed by atoms with E-state index >= 15 is 0 Å². The number of nitrogens with zero attached hydrogens (tertiary/aromatic N) is 4. The van der Waals surface area contributed by atoms with Crippen LogP contribution in [0.1, 0.15) is 40.6 Å². The normalized spacial score (nSPS) is 16.8. The molecule has 1 aliphatic rings. The number of likely N-dealkylation sites (tertiary alicyclic amines) is 1. The maximum Gasteiger partial charge on any atom is 0.433 e. The highest BCUT2D eigenvalue weighted by Crippen LogP contribution is 2.35. The highest BCUT2D eigenvalue weighted by molar-refractivity contribution is 7.13. The fraction of sp³-hybridized carbons (Fsp3) is 0.227. The Morgan fingerprint density at radius 1 is 1.12 bits per heavy atom. The smallest absolute Gasteiger partial charge is 0.330 e. The summed E-state index contributed by atoms with van der Waals surface area (Å²) in [6.45, 7) is 0.411. The number of benzene rings is 1. The molecule has 3 aromatic heterocycles. The van der Waals surface area contributed by atoms with Gasteiger partial charge in [0.25, 0.3) is 5.91 Å². The van der Waals surface area contributed by atoms with Crippen LogP contribution in [0.25, 0.3) is 16.2 Å². The van der Waals surface area contributed by atoms with E-state index in [9.17, 15) is 22.4 Å². The number of amides is 1. The Kier molecular flexibility index (Phi) is 4.96. The SMILES string of the molecule is O=C(c1cc2nc(-c3cccs3)cc(C(F)(F)F)n2n1)N1CCC[C@H]1c1cccc(F)c1. The van der Waals surface area contributed by atoms with Crippen LogP contribution in [0.15, 0.2) is 53.9 Å². The summed E-state index contributed by atoms with van der Waals surface area (Å²) in [5, 5.41) is 5.71. The maximum absolute atomic E-state index is 13.8. The van der Waals surface area contributed by atoms with Gasteiger partial charge in [-0.3, -0.25) is 4.79 Å². The number of alkyl halides is 3. The number of hydrogen-bond acceptors (Lipinski definition) is 4. The van der Waals surface area contributed by atoms with Crippen LogP contribution in [0.4, 0.5) is 17.6 Å². The zero-order valence-electron chi connectivity index (χ0n) is 16.5. The lowest BCUT2D eigenvalue weighted by atomic mass is 10.0. The third kappa shape index (κ3) is 3.64. The highest BCUT2D eigenvalue weighted by Gasteiger charge is 2.37. The number of carbonyl (C=O) groups excluding carboxylic acids is 1. The molecule has 1 fully saturated rings. The molecule has 0 aliphatic carbocycles. The minimum absolute atomic E-state index is 0.0620. The van der Waals surface area contributed by atoms with E-state index in [-0.39, 0.29) is 23.1 Å². The first-order valence-corrected chi connectivity index (χ1v) is 10.8. The van der Waals surface area contributed by atoms with Crippen LogP contribution >= 0.6 is 11.3 Å². The van der Waals surface area contributed by atoms with Crippen LogP contribution in [0.3, 0.4) is 0 Å². The van der Waals surface area contributed by atoms with Crippen molar-refractivity contribution in [1.82, 2.24) is 19.5 Å². The van der Waals surface area contributed by atoms with Crippen molar-refractivity contribution in [2.45, 2.75) is 25.1 Å². The molecule has 5 nitrogen and oxygen atoms in total. The van der Waals surface area contributed by atoms with Crippen LogP contribution in [0.2, 0.25) is 0 Å². The number of rotatable bonds is 3. The van der Waals surface area contributed by atoms with Crippen molar-refractivity contribution in [2.24, 2.45) is 0 Å². The maximum atomic E-state index is 13.8. The highest BCUT2D eigenvalue weighted by atomic mass is 32.1. The lowest BCUT2D eigenvalue weighted by Gasteiger charge is -2.24. The van der Waals surface area contributed by atoms with E-state index in [4.69, 9.17) is 0 Å². The van der Waals surface area contributed by atoms with E-state index in [1.54, 1.807) is 29.6 Å². The quantitative estimate of drug-likeness (QED) is 0.375. The van der Waals surface area contributed by atoms with Crippen LogP contribution in [0, 0.1) is 5.82 Å². The molecule has 164 valence electrons. The summed E-state index contributed by atoms with van der Waals surface area (Å²) in [6.07, 6.45) is -3.34. The van der Waals surface area contributed by atoms with E-state index in [1.807, 2.05) is 0 Å². The molecule has 1 saturated heterocycles. The molecule has 1 aliphatic heterocycles. The minimum Gasteiger partial charge on any atom is -0.330 e. The molecule has 0 saturated carbocycles. The van der Waals surface area contributed by atoms with Crippen molar-refractivity contribution in [2.75, 3.05) is 6.54 Å². The number of thiophene rings is 1. The number of halogens is 4. The molecule has 0 N–H and O–H groups in total. The zero-order valence-corrected chi connectivity index (χ0v) is 17.3. The first-order chi connectivity index (χ1) is 15.3. The van der Waals surface area contributed by atoms with Crippen molar-refractivity contribution < 1.29 is 22.4 Å². The Morgan fingerprint density at radius 2 is 1.97 bits per heavy atom. The van der Waals surface area contributed by atoms with Gasteiger partial charge in [-0.05, 0) is 48.1 Å². The van der Waals surface area contributed by atoms with E-state index < -0.39 is 23.6 Å². The Bertz CT molecular complexity index is 1300.